The van der Waals surface area contributed by atoms with Gasteiger partial charge in [0.1, 0.15) is 11.5 Å². The summed E-state index contributed by atoms with van der Waals surface area (Å²) in [6.45, 7) is 0.193. The van der Waals surface area contributed by atoms with Crippen molar-refractivity contribution in [3.8, 4) is 0 Å². The van der Waals surface area contributed by atoms with Gasteiger partial charge in [-0.15, -0.1) is 11.3 Å². The highest BCUT2D eigenvalue weighted by molar-refractivity contribution is 9.13. The molecule has 0 saturated carbocycles. The monoisotopic (exact) mass is 426 g/mol. The molecule has 2 rings (SSSR count). The highest BCUT2D eigenvalue weighted by Crippen LogP contribution is 2.34. The number of halogens is 4. The topological polar surface area (TPSA) is 55.2 Å². The first-order valence-corrected chi connectivity index (χ1v) is 7.59. The summed E-state index contributed by atoms with van der Waals surface area (Å²) in [5.74, 6) is -1.98. The maximum absolute atomic E-state index is 13.6. The molecule has 0 radical (unpaired) electrons. The van der Waals surface area contributed by atoms with Crippen LogP contribution in [0.4, 0.5) is 20.2 Å². The van der Waals surface area contributed by atoms with Gasteiger partial charge in [-0.2, -0.15) is 0 Å². The van der Waals surface area contributed by atoms with Gasteiger partial charge in [0.05, 0.1) is 14.8 Å². The second-order valence-corrected chi connectivity index (χ2v) is 7.04. The summed E-state index contributed by atoms with van der Waals surface area (Å²) in [5, 5.41) is 13.4. The third kappa shape index (κ3) is 3.33. The number of rotatable bonds is 4. The van der Waals surface area contributed by atoms with Gasteiger partial charge in [-0.3, -0.25) is 10.1 Å². The van der Waals surface area contributed by atoms with E-state index in [9.17, 15) is 18.9 Å². The van der Waals surface area contributed by atoms with Gasteiger partial charge in [-0.25, -0.2) is 8.78 Å². The van der Waals surface area contributed by atoms with Gasteiger partial charge >= 0.3 is 0 Å². The van der Waals surface area contributed by atoms with Crippen molar-refractivity contribution < 1.29 is 13.7 Å². The zero-order valence-corrected chi connectivity index (χ0v) is 13.6. The molecule has 0 atom stereocenters. The summed E-state index contributed by atoms with van der Waals surface area (Å²) in [4.78, 5) is 10.8. The van der Waals surface area contributed by atoms with Gasteiger partial charge in [0.15, 0.2) is 5.82 Å². The number of anilines is 1. The number of nitro groups is 1. The van der Waals surface area contributed by atoms with E-state index < -0.39 is 22.2 Å². The van der Waals surface area contributed by atoms with Gasteiger partial charge in [0.2, 0.25) is 0 Å². The van der Waals surface area contributed by atoms with Crippen LogP contribution in [0, 0.1) is 21.7 Å². The number of nitrogens with one attached hydrogen (secondary N) is 1. The molecule has 1 aromatic carbocycles. The Hall–Kier alpha value is -1.06. The molecule has 1 aromatic heterocycles. The number of nitrogens with zero attached hydrogens (tertiary/aromatic N) is 1. The summed E-state index contributed by atoms with van der Waals surface area (Å²) in [6, 6.07) is 3.09. The average molecular weight is 428 g/mol. The van der Waals surface area contributed by atoms with Gasteiger partial charge in [0.25, 0.3) is 5.69 Å². The zero-order valence-electron chi connectivity index (χ0n) is 9.62. The molecule has 0 aliphatic heterocycles. The van der Waals surface area contributed by atoms with Crippen molar-refractivity contribution in [3.05, 3.63) is 53.1 Å². The molecule has 9 heteroatoms. The van der Waals surface area contributed by atoms with E-state index >= 15 is 0 Å². The molecule has 4 nitrogen and oxygen atoms in total. The second-order valence-electron chi connectivity index (χ2n) is 3.73. The Bertz CT molecular complexity index is 659. The molecule has 20 heavy (non-hydrogen) atoms. The lowest BCUT2D eigenvalue weighted by Crippen LogP contribution is -2.04. The number of thiophene rings is 1. The number of hydrogen-bond donors (Lipinski definition) is 1. The number of hydrogen-bond acceptors (Lipinski definition) is 4. The van der Waals surface area contributed by atoms with Crippen LogP contribution in [0.3, 0.4) is 0 Å². The molecule has 0 aliphatic rings. The fraction of sp³-hybridized carbons (Fsp3) is 0.0909. The van der Waals surface area contributed by atoms with E-state index in [0.717, 1.165) is 13.1 Å². The van der Waals surface area contributed by atoms with Crippen molar-refractivity contribution in [2.75, 3.05) is 5.32 Å². The van der Waals surface area contributed by atoms with Crippen molar-refractivity contribution in [2.45, 2.75) is 6.54 Å². The van der Waals surface area contributed by atoms with Crippen LogP contribution in [0.15, 0.2) is 26.5 Å². The van der Waals surface area contributed by atoms with Crippen LogP contribution in [0.5, 0.6) is 0 Å². The minimum Gasteiger partial charge on any atom is -0.372 e. The van der Waals surface area contributed by atoms with Crippen molar-refractivity contribution >= 4 is 54.6 Å². The second kappa shape index (κ2) is 6.15. The summed E-state index contributed by atoms with van der Waals surface area (Å²) < 4.78 is 28.3. The first-order valence-electron chi connectivity index (χ1n) is 5.19. The lowest BCUT2D eigenvalue weighted by molar-refractivity contribution is -0.384. The third-order valence-corrected chi connectivity index (χ3v) is 5.62. The molecular weight excluding hydrogens is 422 g/mol. The van der Waals surface area contributed by atoms with Crippen molar-refractivity contribution in [1.29, 1.82) is 0 Å². The maximum Gasteiger partial charge on any atom is 0.298 e. The van der Waals surface area contributed by atoms with E-state index in [1.165, 1.54) is 11.3 Å². The Morgan fingerprint density at radius 2 is 2.00 bits per heavy atom. The van der Waals surface area contributed by atoms with Crippen LogP contribution < -0.4 is 5.32 Å². The largest absolute Gasteiger partial charge is 0.372 e. The Balaban J connectivity index is 2.27. The molecule has 1 N–H and O–H groups in total. The highest BCUT2D eigenvalue weighted by atomic mass is 79.9. The van der Waals surface area contributed by atoms with Crippen LogP contribution in [-0.2, 0) is 6.54 Å². The molecule has 0 spiro atoms. The molecule has 106 valence electrons. The Morgan fingerprint density at radius 3 is 2.55 bits per heavy atom. The van der Waals surface area contributed by atoms with E-state index in [2.05, 4.69) is 37.2 Å². The minimum absolute atomic E-state index is 0.193. The van der Waals surface area contributed by atoms with Crippen LogP contribution >= 0.6 is 43.2 Å². The zero-order chi connectivity index (χ0) is 14.9. The molecule has 0 unspecified atom stereocenters. The van der Waals surface area contributed by atoms with Crippen LogP contribution in [-0.4, -0.2) is 4.92 Å². The standard InChI is InChI=1S/C11H6Br2F2N2O2S/c12-7-3-6(20-11(7)13)4-16-10-8(15)1-5(14)2-9(10)17(18)19/h1-3,16H,4H2. The van der Waals surface area contributed by atoms with Crippen molar-refractivity contribution in [3.63, 3.8) is 0 Å². The third-order valence-electron chi connectivity index (χ3n) is 2.37. The van der Waals surface area contributed by atoms with Crippen molar-refractivity contribution in [2.24, 2.45) is 0 Å². The highest BCUT2D eigenvalue weighted by Gasteiger charge is 2.20. The molecule has 0 saturated heterocycles. The number of benzene rings is 1. The van der Waals surface area contributed by atoms with E-state index in [-0.39, 0.29) is 12.2 Å². The number of nitro benzene ring substituents is 1. The Labute approximate surface area is 133 Å². The lowest BCUT2D eigenvalue weighted by Gasteiger charge is -2.07. The predicted octanol–water partition coefficient (Wildman–Crippen LogP) is 5.07. The van der Waals surface area contributed by atoms with Crippen molar-refractivity contribution in [1.82, 2.24) is 0 Å². The van der Waals surface area contributed by atoms with Gasteiger partial charge < -0.3 is 5.32 Å². The smallest absolute Gasteiger partial charge is 0.298 e. The Kier molecular flexibility index (Phi) is 4.71. The summed E-state index contributed by atoms with van der Waals surface area (Å²) >= 11 is 8.02. The van der Waals surface area contributed by atoms with Crippen LogP contribution in [0.1, 0.15) is 4.88 Å². The molecule has 0 aliphatic carbocycles. The van der Waals surface area contributed by atoms with Crippen LogP contribution in [0.25, 0.3) is 0 Å². The fourth-order valence-corrected chi connectivity index (χ4v) is 3.65. The normalized spacial score (nSPS) is 10.6. The summed E-state index contributed by atoms with van der Waals surface area (Å²) in [7, 11) is 0. The minimum atomic E-state index is -0.994. The summed E-state index contributed by atoms with van der Waals surface area (Å²) in [6.07, 6.45) is 0. The van der Waals surface area contributed by atoms with Gasteiger partial charge in [-0.05, 0) is 37.9 Å². The predicted molar refractivity (Wildman–Crippen MR) is 80.1 cm³/mol. The Morgan fingerprint density at radius 1 is 1.30 bits per heavy atom. The molecule has 0 fully saturated rings. The quantitative estimate of drug-likeness (QED) is 0.547. The molecule has 0 amide bonds. The fourth-order valence-electron chi connectivity index (χ4n) is 1.53. The molecule has 2 aromatic rings. The molecule has 1 heterocycles. The summed E-state index contributed by atoms with van der Waals surface area (Å²) in [5.41, 5.74) is -0.950. The van der Waals surface area contributed by atoms with E-state index in [1.54, 1.807) is 6.07 Å². The van der Waals surface area contributed by atoms with E-state index in [1.807, 2.05) is 0 Å². The first kappa shape index (κ1) is 15.3. The molecule has 0 bridgehead atoms. The average Bonchev–Trinajstić information content (AvgIpc) is 2.66. The maximum atomic E-state index is 13.6. The lowest BCUT2D eigenvalue weighted by atomic mass is 10.2. The SMILES string of the molecule is O=[N+]([O-])c1cc(F)cc(F)c1NCc1cc(Br)c(Br)s1. The van der Waals surface area contributed by atoms with Crippen LogP contribution in [0.2, 0.25) is 0 Å². The molecular formula is C11H6Br2F2N2O2S. The van der Waals surface area contributed by atoms with E-state index in [0.29, 0.717) is 12.1 Å². The first-order chi connectivity index (χ1) is 9.38. The van der Waals surface area contributed by atoms with Gasteiger partial charge in [0, 0.05) is 22.0 Å². The van der Waals surface area contributed by atoms with Gasteiger partial charge in [-0.1, -0.05) is 0 Å². The van der Waals surface area contributed by atoms with E-state index in [4.69, 9.17) is 0 Å².